The summed E-state index contributed by atoms with van der Waals surface area (Å²) in [6.07, 6.45) is -13.3. The highest BCUT2D eigenvalue weighted by Gasteiger charge is 2.55. The maximum absolute atomic E-state index is 14.8. The van der Waals surface area contributed by atoms with Crippen LogP contribution in [0.5, 0.6) is 0 Å². The monoisotopic (exact) mass is 879 g/mol. The second kappa shape index (κ2) is 20.9. The first-order valence-corrected chi connectivity index (χ1v) is 20.0. The van der Waals surface area contributed by atoms with Crippen LogP contribution in [0.1, 0.15) is 85.6 Å². The lowest BCUT2D eigenvalue weighted by atomic mass is 9.97. The molecule has 0 radical (unpaired) electrons. The number of amides is 1. The minimum Gasteiger partial charge on any atom is -0.444 e. The number of carbonyl (C=O) groups is 2. The number of piperidine rings is 2. The van der Waals surface area contributed by atoms with E-state index in [2.05, 4.69) is 5.32 Å². The third-order valence-corrected chi connectivity index (χ3v) is 12.2. The number of rotatable bonds is 8. The number of aldehydes is 1. The molecule has 0 aromatic heterocycles. The first-order chi connectivity index (χ1) is 26.5. The summed E-state index contributed by atoms with van der Waals surface area (Å²) < 4.78 is 202. The molecule has 0 spiro atoms. The van der Waals surface area contributed by atoms with Crippen molar-refractivity contribution in [2.75, 3.05) is 26.2 Å². The van der Waals surface area contributed by atoms with E-state index in [-0.39, 0.29) is 51.9 Å². The molecule has 2 saturated heterocycles. The van der Waals surface area contributed by atoms with Crippen molar-refractivity contribution in [3.63, 3.8) is 0 Å². The van der Waals surface area contributed by atoms with Crippen LogP contribution >= 0.6 is 0 Å². The van der Waals surface area contributed by atoms with Crippen LogP contribution in [0.25, 0.3) is 0 Å². The number of nitrogens with one attached hydrogen (secondary N) is 1. The highest BCUT2D eigenvalue weighted by atomic mass is 32.2. The van der Waals surface area contributed by atoms with Crippen molar-refractivity contribution in [3.05, 3.63) is 59.7 Å². The number of sulfone groups is 2. The van der Waals surface area contributed by atoms with Gasteiger partial charge in [0.25, 0.3) is 12.9 Å². The zero-order chi connectivity index (χ0) is 44.9. The number of likely N-dealkylation sites (tertiary alicyclic amines) is 1. The Morgan fingerprint density at radius 2 is 1.09 bits per heavy atom. The number of halogens is 11. The van der Waals surface area contributed by atoms with Crippen LogP contribution in [0, 0.1) is 11.8 Å². The number of ether oxygens (including phenoxy) is 1. The molecule has 2 aliphatic heterocycles. The SMILES string of the molecule is CC(C)(C)OC(=O)N1CCC(C(F)(F)S(=O)(=O)c2ccccc2C(F)F)CC1.O=CC(F)(F)F.O=S(=O)(c1ccccc1C(F)F)C(F)(F)C1CCNCC1.[2H]CC. The third-order valence-electron chi connectivity index (χ3n) is 8.17. The molecule has 2 fully saturated rings. The van der Waals surface area contributed by atoms with Crippen LogP contribution in [0.2, 0.25) is 0 Å². The van der Waals surface area contributed by atoms with Crippen LogP contribution in [-0.4, -0.2) is 82.6 Å². The van der Waals surface area contributed by atoms with Gasteiger partial charge in [0, 0.05) is 37.4 Å². The Labute approximate surface area is 325 Å². The molecule has 0 saturated carbocycles. The number of carbonyl (C=O) groups excluding carboxylic acids is 2. The van der Waals surface area contributed by atoms with Gasteiger partial charge < -0.3 is 15.0 Å². The molecular weight excluding hydrogens is 834 g/mol. The maximum Gasteiger partial charge on any atom is 0.446 e. The van der Waals surface area contributed by atoms with E-state index in [4.69, 9.17) is 10.9 Å². The van der Waals surface area contributed by atoms with Gasteiger partial charge in [-0.2, -0.15) is 30.7 Å². The summed E-state index contributed by atoms with van der Waals surface area (Å²) in [7, 11) is -10.5. The highest BCUT2D eigenvalue weighted by Crippen LogP contribution is 2.44. The predicted octanol–water partition coefficient (Wildman–Crippen LogP) is 9.40. The van der Waals surface area contributed by atoms with Gasteiger partial charge in [0.2, 0.25) is 26.0 Å². The van der Waals surface area contributed by atoms with E-state index in [1.54, 1.807) is 27.7 Å². The number of alkyl halides is 11. The first-order valence-electron chi connectivity index (χ1n) is 17.7. The van der Waals surface area contributed by atoms with Gasteiger partial charge >= 0.3 is 22.8 Å². The van der Waals surface area contributed by atoms with Gasteiger partial charge in [-0.15, -0.1) is 0 Å². The van der Waals surface area contributed by atoms with Crippen molar-refractivity contribution in [2.45, 2.75) is 105 Å². The molecule has 2 heterocycles. The standard InChI is InChI=1S/C18H23F4NO4S.C13H15F4NO2S.C2HF3O.C2H6/c1-17(2,3)27-16(24)23-10-8-12(9-11-23)18(21,22)28(25,26)14-7-5-4-6-13(14)15(19)20;14-12(15)10-3-1-2-4-11(10)21(19,20)13(16,17)9-5-7-18-8-6-9;3-2(4,5)1-6;1-2/h4-7,12,15H,8-11H2,1-3H3;1-4,9,12,18H,5-8H2;1H;1-2H3/i;;;1D. The molecule has 0 atom stereocenters. The summed E-state index contributed by atoms with van der Waals surface area (Å²) in [6.45, 7) is 7.64. The number of nitrogens with zero attached hydrogens (tertiary/aromatic N) is 1. The number of benzene rings is 2. The summed E-state index contributed by atoms with van der Waals surface area (Å²) in [5.41, 5.74) is -2.58. The fraction of sp³-hybridized carbons (Fsp3) is 0.600. The summed E-state index contributed by atoms with van der Waals surface area (Å²) in [4.78, 5) is 19.9. The van der Waals surface area contributed by atoms with Gasteiger partial charge in [-0.3, -0.25) is 4.79 Å². The summed E-state index contributed by atoms with van der Waals surface area (Å²) in [6, 6.07) is 7.90. The molecule has 2 aromatic rings. The van der Waals surface area contributed by atoms with Crippen LogP contribution < -0.4 is 5.32 Å². The molecular formula is C35H45F11N2O7S2. The second-order valence-corrected chi connectivity index (χ2v) is 17.2. The Kier molecular flexibility index (Phi) is 18.2. The molecule has 326 valence electrons. The van der Waals surface area contributed by atoms with E-state index in [1.807, 2.05) is 0 Å². The summed E-state index contributed by atoms with van der Waals surface area (Å²) in [5.74, 6) is -2.96. The van der Waals surface area contributed by atoms with Crippen LogP contribution in [-0.2, 0) is 29.2 Å². The molecule has 57 heavy (non-hydrogen) atoms. The molecule has 1 N–H and O–H groups in total. The fourth-order valence-corrected chi connectivity index (χ4v) is 8.81. The molecule has 0 aliphatic carbocycles. The zero-order valence-electron chi connectivity index (χ0n) is 32.1. The Bertz CT molecular complexity index is 1830. The zero-order valence-corrected chi connectivity index (χ0v) is 32.8. The second-order valence-electron chi connectivity index (χ2n) is 13.2. The summed E-state index contributed by atoms with van der Waals surface area (Å²) in [5, 5.41) is -5.43. The van der Waals surface area contributed by atoms with Crippen molar-refractivity contribution in [3.8, 4) is 0 Å². The largest absolute Gasteiger partial charge is 0.446 e. The Hall–Kier alpha value is -3.53. The lowest BCUT2D eigenvalue weighted by Crippen LogP contribution is -2.47. The van der Waals surface area contributed by atoms with Gasteiger partial charge in [-0.05, 0) is 71.7 Å². The summed E-state index contributed by atoms with van der Waals surface area (Å²) >= 11 is 0. The Balaban J connectivity index is 0.000000491. The molecule has 9 nitrogen and oxygen atoms in total. The van der Waals surface area contributed by atoms with Crippen molar-refractivity contribution in [1.82, 2.24) is 10.2 Å². The molecule has 2 aliphatic rings. The first kappa shape index (κ1) is 49.6. The average Bonchev–Trinajstić information content (AvgIpc) is 3.15. The third kappa shape index (κ3) is 13.8. The smallest absolute Gasteiger partial charge is 0.444 e. The van der Waals surface area contributed by atoms with Crippen molar-refractivity contribution in [2.24, 2.45) is 11.8 Å². The number of hydrogen-bond donors (Lipinski definition) is 1. The van der Waals surface area contributed by atoms with Gasteiger partial charge in [0.15, 0.2) is 0 Å². The van der Waals surface area contributed by atoms with Gasteiger partial charge in [0.1, 0.15) is 5.60 Å². The molecule has 0 unspecified atom stereocenters. The Morgan fingerprint density at radius 3 is 1.40 bits per heavy atom. The molecule has 4 rings (SSSR count). The fourth-order valence-electron chi connectivity index (χ4n) is 5.43. The van der Waals surface area contributed by atoms with Crippen LogP contribution in [0.3, 0.4) is 0 Å². The van der Waals surface area contributed by atoms with E-state index >= 15 is 0 Å². The van der Waals surface area contributed by atoms with E-state index in [0.717, 1.165) is 42.5 Å². The van der Waals surface area contributed by atoms with Crippen molar-refractivity contribution >= 4 is 32.1 Å². The topological polar surface area (TPSA) is 127 Å². The van der Waals surface area contributed by atoms with E-state index in [0.29, 0.717) is 6.90 Å². The van der Waals surface area contributed by atoms with Crippen molar-refractivity contribution < 1.29 is 80.8 Å². The minimum atomic E-state index is -5.33. The highest BCUT2D eigenvalue weighted by molar-refractivity contribution is 7.92. The molecule has 0 bridgehead atoms. The van der Waals surface area contributed by atoms with Gasteiger partial charge in [0.05, 0.1) is 9.79 Å². The van der Waals surface area contributed by atoms with Gasteiger partial charge in [-0.25, -0.2) is 39.2 Å². The predicted molar refractivity (Wildman–Crippen MR) is 187 cm³/mol. The van der Waals surface area contributed by atoms with E-state index < -0.39 is 99.9 Å². The maximum atomic E-state index is 14.8. The molecule has 2 aromatic carbocycles. The van der Waals surface area contributed by atoms with E-state index in [9.17, 15) is 69.9 Å². The van der Waals surface area contributed by atoms with Crippen molar-refractivity contribution in [1.29, 1.82) is 0 Å². The minimum absolute atomic E-state index is 0.0108. The molecule has 22 heteroatoms. The average molecular weight is 880 g/mol. The van der Waals surface area contributed by atoms with Gasteiger partial charge in [-0.1, -0.05) is 50.2 Å². The Morgan fingerprint density at radius 1 is 0.754 bits per heavy atom. The van der Waals surface area contributed by atoms with Crippen LogP contribution in [0.15, 0.2) is 58.3 Å². The quantitative estimate of drug-likeness (QED) is 0.205. The lowest BCUT2D eigenvalue weighted by Gasteiger charge is -2.36. The normalized spacial score (nSPS) is 16.6. The molecule has 1 amide bonds. The van der Waals surface area contributed by atoms with E-state index in [1.165, 1.54) is 11.0 Å². The van der Waals surface area contributed by atoms with Crippen LogP contribution in [0.4, 0.5) is 53.1 Å². The number of hydrogen-bond acceptors (Lipinski definition) is 8. The lowest BCUT2D eigenvalue weighted by molar-refractivity contribution is -0.156.